The summed E-state index contributed by atoms with van der Waals surface area (Å²) in [6.45, 7) is 0. The lowest BCUT2D eigenvalue weighted by atomic mass is 10.1. The number of nitrogens with two attached hydrogens (primary N) is 1. The van der Waals surface area contributed by atoms with Crippen LogP contribution >= 0.6 is 24.4 Å². The van der Waals surface area contributed by atoms with Gasteiger partial charge in [0.1, 0.15) is 18.1 Å². The summed E-state index contributed by atoms with van der Waals surface area (Å²) in [7, 11) is 0. The van der Waals surface area contributed by atoms with E-state index in [1.165, 1.54) is 11.8 Å². The van der Waals surface area contributed by atoms with E-state index in [1.54, 1.807) is 6.26 Å². The fourth-order valence-corrected chi connectivity index (χ4v) is 3.03. The molecule has 0 aromatic heterocycles. The third kappa shape index (κ3) is 11.8. The standard InChI is InChI=1S/C17H28N4O9S2/c1-32-5-4-9(17(29)30)19-15(27)10(6-13(24)25)20-16(28)11(7-31)21-14(26)8(18)2-3-12(22)23/h8-11,31H,2-7,18H2,1H3,(H,19,27)(H,20,28)(H,21,26)(H,22,23)(H,24,25)(H,29,30). The van der Waals surface area contributed by atoms with E-state index in [0.29, 0.717) is 5.75 Å². The first-order chi connectivity index (χ1) is 14.9. The van der Waals surface area contributed by atoms with Gasteiger partial charge in [0.25, 0.3) is 0 Å². The van der Waals surface area contributed by atoms with Gasteiger partial charge in [0.2, 0.25) is 17.7 Å². The summed E-state index contributed by atoms with van der Waals surface area (Å²) < 4.78 is 0. The van der Waals surface area contributed by atoms with Crippen molar-refractivity contribution in [2.45, 2.75) is 49.9 Å². The quantitative estimate of drug-likeness (QED) is 0.108. The number of rotatable bonds is 16. The van der Waals surface area contributed by atoms with Crippen molar-refractivity contribution in [1.82, 2.24) is 16.0 Å². The zero-order valence-electron chi connectivity index (χ0n) is 17.3. The molecule has 3 amide bonds. The summed E-state index contributed by atoms with van der Waals surface area (Å²) in [5, 5.41) is 33.5. The third-order valence-electron chi connectivity index (χ3n) is 4.06. The lowest BCUT2D eigenvalue weighted by Crippen LogP contribution is -2.58. The van der Waals surface area contributed by atoms with Crippen LogP contribution in [0.4, 0.5) is 0 Å². The molecule has 32 heavy (non-hydrogen) atoms. The molecule has 13 nitrogen and oxygen atoms in total. The van der Waals surface area contributed by atoms with Crippen LogP contribution in [0, 0.1) is 0 Å². The van der Waals surface area contributed by atoms with E-state index < -0.39 is 66.2 Å². The SMILES string of the molecule is CSCCC(NC(=O)C(CC(=O)O)NC(=O)C(CS)NC(=O)C(N)CCC(=O)O)C(=O)O. The predicted octanol–water partition coefficient (Wildman–Crippen LogP) is -2.12. The molecule has 0 aliphatic heterocycles. The Bertz CT molecular complexity index is 708. The Morgan fingerprint density at radius 3 is 1.84 bits per heavy atom. The fourth-order valence-electron chi connectivity index (χ4n) is 2.30. The van der Waals surface area contributed by atoms with Crippen LogP contribution in [0.25, 0.3) is 0 Å². The number of carbonyl (C=O) groups is 6. The number of thioether (sulfide) groups is 1. The van der Waals surface area contributed by atoms with Crippen LogP contribution in [-0.4, -0.2) is 92.9 Å². The molecule has 0 fully saturated rings. The van der Waals surface area contributed by atoms with Gasteiger partial charge in [-0.15, -0.1) is 0 Å². The van der Waals surface area contributed by atoms with Gasteiger partial charge < -0.3 is 37.0 Å². The van der Waals surface area contributed by atoms with E-state index in [2.05, 4.69) is 28.6 Å². The summed E-state index contributed by atoms with van der Waals surface area (Å²) in [6.07, 6.45) is 0.443. The van der Waals surface area contributed by atoms with Gasteiger partial charge in [-0.25, -0.2) is 4.79 Å². The molecule has 0 heterocycles. The Kier molecular flexibility index (Phi) is 14.1. The molecule has 0 aliphatic carbocycles. The van der Waals surface area contributed by atoms with Crippen LogP contribution in [0.15, 0.2) is 0 Å². The predicted molar refractivity (Wildman–Crippen MR) is 117 cm³/mol. The van der Waals surface area contributed by atoms with Crippen molar-refractivity contribution in [2.75, 3.05) is 17.8 Å². The normalized spacial score (nSPS) is 14.3. The maximum Gasteiger partial charge on any atom is 0.326 e. The molecule has 0 aliphatic rings. The molecule has 8 N–H and O–H groups in total. The van der Waals surface area contributed by atoms with Gasteiger partial charge in [0, 0.05) is 12.2 Å². The number of hydrogen-bond donors (Lipinski definition) is 8. The average molecular weight is 497 g/mol. The van der Waals surface area contributed by atoms with Crippen molar-refractivity contribution in [2.24, 2.45) is 5.73 Å². The third-order valence-corrected chi connectivity index (χ3v) is 5.07. The van der Waals surface area contributed by atoms with Crippen LogP contribution in [0.1, 0.15) is 25.7 Å². The first kappa shape index (κ1) is 29.5. The highest BCUT2D eigenvalue weighted by Gasteiger charge is 2.31. The number of carbonyl (C=O) groups excluding carboxylic acids is 3. The van der Waals surface area contributed by atoms with Crippen LogP contribution in [0.5, 0.6) is 0 Å². The van der Waals surface area contributed by atoms with Gasteiger partial charge in [0.15, 0.2) is 0 Å². The Morgan fingerprint density at radius 2 is 1.38 bits per heavy atom. The molecule has 0 bridgehead atoms. The van der Waals surface area contributed by atoms with E-state index in [4.69, 9.17) is 15.9 Å². The van der Waals surface area contributed by atoms with Crippen LogP contribution in [-0.2, 0) is 28.8 Å². The zero-order chi connectivity index (χ0) is 24.8. The molecular weight excluding hydrogens is 468 g/mol. The molecule has 0 radical (unpaired) electrons. The summed E-state index contributed by atoms with van der Waals surface area (Å²) >= 11 is 5.29. The van der Waals surface area contributed by atoms with Crippen molar-refractivity contribution in [3.8, 4) is 0 Å². The van der Waals surface area contributed by atoms with Crippen LogP contribution in [0.3, 0.4) is 0 Å². The minimum absolute atomic E-state index is 0.0829. The second-order valence-electron chi connectivity index (χ2n) is 6.62. The summed E-state index contributed by atoms with van der Waals surface area (Å²) in [5.41, 5.74) is 5.58. The summed E-state index contributed by atoms with van der Waals surface area (Å²) in [6, 6.07) is -5.42. The minimum atomic E-state index is -1.61. The summed E-state index contributed by atoms with van der Waals surface area (Å²) in [5.74, 6) is -6.52. The van der Waals surface area contributed by atoms with Gasteiger partial charge in [-0.1, -0.05) is 0 Å². The van der Waals surface area contributed by atoms with Gasteiger partial charge in [-0.05, 0) is 24.9 Å². The first-order valence-corrected chi connectivity index (χ1v) is 11.4. The number of nitrogens with one attached hydrogen (secondary N) is 3. The highest BCUT2D eigenvalue weighted by molar-refractivity contribution is 7.98. The molecular formula is C17H28N4O9S2. The topological polar surface area (TPSA) is 225 Å². The second-order valence-corrected chi connectivity index (χ2v) is 7.97. The van der Waals surface area contributed by atoms with E-state index in [9.17, 15) is 33.9 Å². The smallest absolute Gasteiger partial charge is 0.326 e. The summed E-state index contributed by atoms with van der Waals surface area (Å²) in [4.78, 5) is 70.0. The molecule has 4 atom stereocenters. The highest BCUT2D eigenvalue weighted by Crippen LogP contribution is 2.04. The molecule has 0 saturated carbocycles. The van der Waals surface area contributed by atoms with Crippen molar-refractivity contribution in [3.05, 3.63) is 0 Å². The maximum absolute atomic E-state index is 12.5. The number of carboxylic acid groups (broad SMARTS) is 3. The minimum Gasteiger partial charge on any atom is -0.481 e. The van der Waals surface area contributed by atoms with E-state index in [1.807, 2.05) is 0 Å². The van der Waals surface area contributed by atoms with Gasteiger partial charge >= 0.3 is 17.9 Å². The number of amides is 3. The number of hydrogen-bond acceptors (Lipinski definition) is 9. The van der Waals surface area contributed by atoms with Gasteiger partial charge in [-0.3, -0.25) is 24.0 Å². The fraction of sp³-hybridized carbons (Fsp3) is 0.647. The molecule has 0 spiro atoms. The maximum atomic E-state index is 12.5. The Labute approximate surface area is 193 Å². The average Bonchev–Trinajstić information content (AvgIpc) is 2.71. The molecule has 4 unspecified atom stereocenters. The molecule has 15 heteroatoms. The van der Waals surface area contributed by atoms with Crippen LogP contribution in [0.2, 0.25) is 0 Å². The molecule has 0 saturated heterocycles. The van der Waals surface area contributed by atoms with Crippen molar-refractivity contribution >= 4 is 60.0 Å². The first-order valence-electron chi connectivity index (χ1n) is 9.35. The second kappa shape index (κ2) is 15.3. The Balaban J connectivity index is 5.21. The largest absolute Gasteiger partial charge is 0.481 e. The van der Waals surface area contributed by atoms with Crippen molar-refractivity contribution < 1.29 is 44.1 Å². The molecule has 0 aromatic carbocycles. The van der Waals surface area contributed by atoms with Crippen LogP contribution < -0.4 is 21.7 Å². The van der Waals surface area contributed by atoms with Crippen molar-refractivity contribution in [3.63, 3.8) is 0 Å². The van der Waals surface area contributed by atoms with Crippen molar-refractivity contribution in [1.29, 1.82) is 0 Å². The lowest BCUT2D eigenvalue weighted by Gasteiger charge is -2.23. The molecule has 0 aromatic rings. The molecule has 0 rings (SSSR count). The highest BCUT2D eigenvalue weighted by atomic mass is 32.2. The zero-order valence-corrected chi connectivity index (χ0v) is 19.0. The van der Waals surface area contributed by atoms with E-state index in [-0.39, 0.29) is 25.0 Å². The van der Waals surface area contributed by atoms with E-state index in [0.717, 1.165) is 0 Å². The van der Waals surface area contributed by atoms with Gasteiger partial charge in [-0.2, -0.15) is 24.4 Å². The monoisotopic (exact) mass is 496 g/mol. The Morgan fingerprint density at radius 1 is 0.844 bits per heavy atom. The van der Waals surface area contributed by atoms with E-state index >= 15 is 0 Å². The number of aliphatic carboxylic acids is 3. The van der Waals surface area contributed by atoms with Gasteiger partial charge in [0.05, 0.1) is 12.5 Å². The number of carboxylic acids is 3. The Hall–Kier alpha value is -2.52. The lowest BCUT2D eigenvalue weighted by molar-refractivity contribution is -0.143. The number of thiol groups is 1. The molecule has 182 valence electrons.